The number of nitrogens with zero attached hydrogens (tertiary/aromatic N) is 2. The van der Waals surface area contributed by atoms with Crippen molar-refractivity contribution < 1.29 is 4.42 Å². The van der Waals surface area contributed by atoms with Crippen LogP contribution in [0.3, 0.4) is 0 Å². The van der Waals surface area contributed by atoms with Gasteiger partial charge in [0.15, 0.2) is 10.2 Å². The molecule has 0 bridgehead atoms. The first-order chi connectivity index (χ1) is 16.0. The lowest BCUT2D eigenvalue weighted by Crippen LogP contribution is -2.29. The fourth-order valence-corrected chi connectivity index (χ4v) is 5.19. The van der Waals surface area contributed by atoms with Gasteiger partial charge in [0.2, 0.25) is 0 Å². The molecule has 0 radical (unpaired) electrons. The Balaban J connectivity index is 1.53. The number of nitrogens with one attached hydrogen (secondary N) is 1. The minimum atomic E-state index is -0.151. The number of aryl methyl sites for hydroxylation is 3. The van der Waals surface area contributed by atoms with Crippen LogP contribution in [0.4, 0.5) is 5.69 Å². The highest BCUT2D eigenvalue weighted by Gasteiger charge is 2.42. The maximum absolute atomic E-state index is 6.40. The van der Waals surface area contributed by atoms with Crippen LogP contribution in [0, 0.1) is 20.8 Å². The molecule has 0 spiro atoms. The van der Waals surface area contributed by atoms with Gasteiger partial charge in [0.05, 0.1) is 11.7 Å². The van der Waals surface area contributed by atoms with Crippen molar-refractivity contribution in [1.29, 1.82) is 0 Å². The Morgan fingerprint density at radius 1 is 0.939 bits per heavy atom. The summed E-state index contributed by atoms with van der Waals surface area (Å²) in [7, 11) is 0. The minimum absolute atomic E-state index is 0.122. The lowest BCUT2D eigenvalue weighted by Gasteiger charge is -2.26. The summed E-state index contributed by atoms with van der Waals surface area (Å²) >= 11 is 7.44. The SMILES string of the molecule is Cc1ccc(Sc2ccc([C@H]3[C@@H](c4ccccn4)NC(=S)N3c3ccc(C)c(C)c3)o2)cc1. The van der Waals surface area contributed by atoms with E-state index < -0.39 is 0 Å². The average molecular weight is 472 g/mol. The number of anilines is 1. The molecular weight excluding hydrogens is 446 g/mol. The molecule has 5 rings (SSSR count). The van der Waals surface area contributed by atoms with E-state index in [1.165, 1.54) is 16.7 Å². The van der Waals surface area contributed by atoms with Gasteiger partial charge in [0.1, 0.15) is 11.8 Å². The first-order valence-electron chi connectivity index (χ1n) is 10.9. The Morgan fingerprint density at radius 3 is 2.48 bits per heavy atom. The fourth-order valence-electron chi connectivity index (χ4n) is 4.07. The van der Waals surface area contributed by atoms with Crippen LogP contribution in [0.1, 0.15) is 40.2 Å². The summed E-state index contributed by atoms with van der Waals surface area (Å²) in [5, 5.41) is 5.02. The number of hydrogen-bond donors (Lipinski definition) is 1. The van der Waals surface area contributed by atoms with E-state index in [9.17, 15) is 0 Å². The molecule has 166 valence electrons. The maximum Gasteiger partial charge on any atom is 0.174 e. The predicted octanol–water partition coefficient (Wildman–Crippen LogP) is 6.93. The summed E-state index contributed by atoms with van der Waals surface area (Å²) in [6.07, 6.45) is 1.82. The first-order valence-corrected chi connectivity index (χ1v) is 12.1. The number of furan rings is 1. The Labute approximate surface area is 204 Å². The molecule has 4 aromatic rings. The van der Waals surface area contributed by atoms with E-state index in [4.69, 9.17) is 16.6 Å². The van der Waals surface area contributed by atoms with E-state index in [0.29, 0.717) is 5.11 Å². The zero-order valence-corrected chi connectivity index (χ0v) is 20.4. The summed E-state index contributed by atoms with van der Waals surface area (Å²) in [5.41, 5.74) is 5.70. The molecule has 2 aromatic carbocycles. The molecule has 1 N–H and O–H groups in total. The van der Waals surface area contributed by atoms with Crippen molar-refractivity contribution in [3.8, 4) is 0 Å². The summed E-state index contributed by atoms with van der Waals surface area (Å²) in [6.45, 7) is 6.34. The van der Waals surface area contributed by atoms with Crippen molar-refractivity contribution in [1.82, 2.24) is 10.3 Å². The molecule has 6 heteroatoms. The number of hydrogen-bond acceptors (Lipinski definition) is 4. The van der Waals surface area contributed by atoms with Crippen LogP contribution in [0.25, 0.3) is 0 Å². The molecule has 1 aliphatic rings. The highest BCUT2D eigenvalue weighted by atomic mass is 32.2. The Kier molecular flexibility index (Phi) is 5.96. The number of aromatic nitrogens is 1. The molecule has 33 heavy (non-hydrogen) atoms. The van der Waals surface area contributed by atoms with Crippen molar-refractivity contribution in [2.75, 3.05) is 4.90 Å². The average Bonchev–Trinajstić information content (AvgIpc) is 3.42. The van der Waals surface area contributed by atoms with Gasteiger partial charge in [-0.15, -0.1) is 0 Å². The monoisotopic (exact) mass is 471 g/mol. The molecular formula is C27H25N3OS2. The second-order valence-corrected chi connectivity index (χ2v) is 9.80. The Bertz CT molecular complexity index is 1280. The van der Waals surface area contributed by atoms with Gasteiger partial charge in [-0.1, -0.05) is 41.6 Å². The standard InChI is InChI=1S/C27H25N3OS2/c1-17-7-11-21(12-8-17)33-24-14-13-23(31-24)26-25(22-6-4-5-15-28-22)29-27(32)30(26)20-10-9-18(2)19(3)16-20/h4-16,25-26H,1-3H3,(H,29,32)/t25-,26+/m1/s1. The number of rotatable bonds is 5. The maximum atomic E-state index is 6.40. The smallest absolute Gasteiger partial charge is 0.174 e. The van der Waals surface area contributed by atoms with Crippen LogP contribution >= 0.6 is 24.0 Å². The summed E-state index contributed by atoms with van der Waals surface area (Å²) in [5.74, 6) is 0.853. The van der Waals surface area contributed by atoms with Crippen LogP contribution in [-0.2, 0) is 0 Å². The van der Waals surface area contributed by atoms with E-state index in [1.54, 1.807) is 11.8 Å². The van der Waals surface area contributed by atoms with Crippen molar-refractivity contribution in [3.63, 3.8) is 0 Å². The van der Waals surface area contributed by atoms with Crippen LogP contribution in [-0.4, -0.2) is 10.1 Å². The summed E-state index contributed by atoms with van der Waals surface area (Å²) in [4.78, 5) is 7.92. The molecule has 4 nitrogen and oxygen atoms in total. The third-order valence-electron chi connectivity index (χ3n) is 6.00. The molecule has 2 atom stereocenters. The van der Waals surface area contributed by atoms with Gasteiger partial charge < -0.3 is 14.6 Å². The van der Waals surface area contributed by atoms with Crippen molar-refractivity contribution in [2.45, 2.75) is 42.8 Å². The number of benzene rings is 2. The summed E-state index contributed by atoms with van der Waals surface area (Å²) < 4.78 is 6.40. The molecule has 0 unspecified atom stereocenters. The van der Waals surface area contributed by atoms with Crippen LogP contribution in [0.15, 0.2) is 93.4 Å². The van der Waals surface area contributed by atoms with Gasteiger partial charge in [0.25, 0.3) is 0 Å². The van der Waals surface area contributed by atoms with Crippen molar-refractivity contribution >= 4 is 34.8 Å². The van der Waals surface area contributed by atoms with E-state index >= 15 is 0 Å². The van der Waals surface area contributed by atoms with Gasteiger partial charge in [-0.3, -0.25) is 4.98 Å². The molecule has 1 fully saturated rings. The molecule has 1 saturated heterocycles. The van der Waals surface area contributed by atoms with Gasteiger partial charge in [0, 0.05) is 16.8 Å². The minimum Gasteiger partial charge on any atom is -0.452 e. The van der Waals surface area contributed by atoms with Gasteiger partial charge in [-0.05, 0) is 92.6 Å². The Morgan fingerprint density at radius 2 is 1.76 bits per heavy atom. The number of pyridine rings is 1. The highest BCUT2D eigenvalue weighted by molar-refractivity contribution is 7.99. The molecule has 0 aliphatic carbocycles. The quantitative estimate of drug-likeness (QED) is 0.318. The zero-order chi connectivity index (χ0) is 22.9. The van der Waals surface area contributed by atoms with Gasteiger partial charge in [-0.25, -0.2) is 0 Å². The molecule has 0 amide bonds. The molecule has 2 aromatic heterocycles. The summed E-state index contributed by atoms with van der Waals surface area (Å²) in [6, 6.07) is 24.7. The van der Waals surface area contributed by atoms with Crippen LogP contribution < -0.4 is 10.2 Å². The third kappa shape index (κ3) is 4.41. The second-order valence-electron chi connectivity index (χ2n) is 8.34. The molecule has 0 saturated carbocycles. The second kappa shape index (κ2) is 9.04. The topological polar surface area (TPSA) is 41.3 Å². The van der Waals surface area contributed by atoms with Crippen molar-refractivity contribution in [3.05, 3.63) is 107 Å². The lowest BCUT2D eigenvalue weighted by molar-refractivity contribution is 0.383. The number of thiocarbonyl (C=S) groups is 1. The fraction of sp³-hybridized carbons (Fsp3) is 0.185. The first kappa shape index (κ1) is 21.7. The normalized spacial score (nSPS) is 17.9. The third-order valence-corrected chi connectivity index (χ3v) is 7.24. The van der Waals surface area contributed by atoms with E-state index in [0.717, 1.165) is 27.1 Å². The van der Waals surface area contributed by atoms with Crippen molar-refractivity contribution in [2.24, 2.45) is 0 Å². The van der Waals surface area contributed by atoms with Gasteiger partial charge >= 0.3 is 0 Å². The largest absolute Gasteiger partial charge is 0.452 e. The van der Waals surface area contributed by atoms with Gasteiger partial charge in [-0.2, -0.15) is 0 Å². The molecule has 3 heterocycles. The van der Waals surface area contributed by atoms with Crippen LogP contribution in [0.5, 0.6) is 0 Å². The highest BCUT2D eigenvalue weighted by Crippen LogP contribution is 2.43. The van der Waals surface area contributed by atoms with Crippen LogP contribution in [0.2, 0.25) is 0 Å². The lowest BCUT2D eigenvalue weighted by atomic mass is 10.0. The molecule has 1 aliphatic heterocycles. The van der Waals surface area contributed by atoms with E-state index in [1.807, 2.05) is 30.5 Å². The van der Waals surface area contributed by atoms with E-state index in [2.05, 4.69) is 84.5 Å². The van der Waals surface area contributed by atoms with E-state index in [-0.39, 0.29) is 12.1 Å². The Hall–Kier alpha value is -3.09. The zero-order valence-electron chi connectivity index (χ0n) is 18.8. The predicted molar refractivity (Wildman–Crippen MR) is 138 cm³/mol.